The molecule has 5 nitrogen and oxygen atoms in total. The predicted molar refractivity (Wildman–Crippen MR) is 99.8 cm³/mol. The minimum Gasteiger partial charge on any atom is -0.354 e. The second-order valence-corrected chi connectivity index (χ2v) is 7.06. The molecule has 0 saturated carbocycles. The van der Waals surface area contributed by atoms with Crippen LogP contribution in [-0.2, 0) is 0 Å². The molecular formula is C18H21BrN4O. The first-order valence-corrected chi connectivity index (χ1v) is 8.78. The van der Waals surface area contributed by atoms with Crippen LogP contribution in [0.2, 0.25) is 0 Å². The summed E-state index contributed by atoms with van der Waals surface area (Å²) in [5, 5.41) is 3.34. The van der Waals surface area contributed by atoms with Gasteiger partial charge in [0.2, 0.25) is 0 Å². The molecule has 1 fully saturated rings. The minimum atomic E-state index is 0.0479. The number of piperazine rings is 1. The topological polar surface area (TPSA) is 48.5 Å². The molecule has 1 N–H and O–H groups in total. The second kappa shape index (κ2) is 7.32. The lowest BCUT2D eigenvalue weighted by atomic mass is 10.2. The zero-order valence-electron chi connectivity index (χ0n) is 13.9. The number of carbonyl (C=O) groups is 1. The van der Waals surface area contributed by atoms with E-state index < -0.39 is 0 Å². The van der Waals surface area contributed by atoms with Crippen LogP contribution >= 0.6 is 15.9 Å². The fourth-order valence-electron chi connectivity index (χ4n) is 2.74. The lowest BCUT2D eigenvalue weighted by molar-refractivity contribution is 0.0663. The number of halogens is 1. The van der Waals surface area contributed by atoms with Crippen LogP contribution in [0.4, 0.5) is 11.4 Å². The van der Waals surface area contributed by atoms with Gasteiger partial charge in [0, 0.05) is 42.5 Å². The third kappa shape index (κ3) is 3.94. The maximum atomic E-state index is 12.7. The van der Waals surface area contributed by atoms with Crippen molar-refractivity contribution >= 4 is 33.2 Å². The number of nitrogens with zero attached hydrogens (tertiary/aromatic N) is 3. The second-order valence-electron chi connectivity index (χ2n) is 6.14. The van der Waals surface area contributed by atoms with Gasteiger partial charge in [0.25, 0.3) is 5.91 Å². The fraction of sp³-hybridized carbons (Fsp3) is 0.333. The van der Waals surface area contributed by atoms with E-state index in [1.54, 1.807) is 12.4 Å². The summed E-state index contributed by atoms with van der Waals surface area (Å²) in [5.74, 6) is 0.0479. The summed E-state index contributed by atoms with van der Waals surface area (Å²) in [5.41, 5.74) is 3.57. The maximum absolute atomic E-state index is 12.7. The Balaban J connectivity index is 1.75. The molecule has 126 valence electrons. The maximum Gasteiger partial charge on any atom is 0.255 e. The first kappa shape index (κ1) is 16.9. The Hall–Kier alpha value is -1.92. The number of nitrogens with one attached hydrogen (secondary N) is 1. The summed E-state index contributed by atoms with van der Waals surface area (Å²) in [4.78, 5) is 21.0. The van der Waals surface area contributed by atoms with Crippen molar-refractivity contribution in [1.82, 2.24) is 14.8 Å². The number of amides is 1. The molecule has 2 aromatic rings. The zero-order valence-corrected chi connectivity index (χ0v) is 15.5. The summed E-state index contributed by atoms with van der Waals surface area (Å²) in [6.45, 7) is 5.39. The van der Waals surface area contributed by atoms with Gasteiger partial charge in [0.15, 0.2) is 0 Å². The third-order valence-corrected chi connectivity index (χ3v) is 4.74. The summed E-state index contributed by atoms with van der Waals surface area (Å²) in [6.07, 6.45) is 3.38. The highest BCUT2D eigenvalue weighted by Gasteiger charge is 2.20. The smallest absolute Gasteiger partial charge is 0.255 e. The van der Waals surface area contributed by atoms with E-state index in [1.165, 1.54) is 0 Å². The van der Waals surface area contributed by atoms with Gasteiger partial charge in [-0.2, -0.15) is 0 Å². The van der Waals surface area contributed by atoms with E-state index in [-0.39, 0.29) is 5.91 Å². The normalized spacial score (nSPS) is 15.4. The molecule has 0 bridgehead atoms. The first-order chi connectivity index (χ1) is 11.5. The van der Waals surface area contributed by atoms with Crippen LogP contribution < -0.4 is 5.32 Å². The SMILES string of the molecule is Cc1cc(Br)ccc1Nc1cncc(C(=O)N2CCN(C)CC2)c1. The summed E-state index contributed by atoms with van der Waals surface area (Å²) in [7, 11) is 2.08. The molecule has 1 saturated heterocycles. The molecule has 1 aliphatic heterocycles. The number of likely N-dealkylation sites (N-methyl/N-ethyl adjacent to an activating group) is 1. The fourth-order valence-corrected chi connectivity index (χ4v) is 3.22. The van der Waals surface area contributed by atoms with E-state index in [1.807, 2.05) is 30.0 Å². The van der Waals surface area contributed by atoms with Crippen molar-refractivity contribution in [3.63, 3.8) is 0 Å². The summed E-state index contributed by atoms with van der Waals surface area (Å²) in [6, 6.07) is 7.92. The van der Waals surface area contributed by atoms with Crippen LogP contribution in [0.5, 0.6) is 0 Å². The predicted octanol–water partition coefficient (Wildman–Crippen LogP) is 3.28. The van der Waals surface area contributed by atoms with Crippen LogP contribution in [0.3, 0.4) is 0 Å². The molecule has 0 radical (unpaired) electrons. The number of carbonyl (C=O) groups excluding carboxylic acids is 1. The summed E-state index contributed by atoms with van der Waals surface area (Å²) < 4.78 is 1.04. The highest BCUT2D eigenvalue weighted by atomic mass is 79.9. The third-order valence-electron chi connectivity index (χ3n) is 4.24. The lowest BCUT2D eigenvalue weighted by Gasteiger charge is -2.32. The first-order valence-electron chi connectivity index (χ1n) is 7.99. The Kier molecular flexibility index (Phi) is 5.16. The molecule has 1 aromatic carbocycles. The standard InChI is InChI=1S/C18H21BrN4O/c1-13-9-15(19)3-4-17(13)21-16-10-14(11-20-12-16)18(24)23-7-5-22(2)6-8-23/h3-4,9-12,21H,5-8H2,1-2H3. The number of hydrogen-bond donors (Lipinski definition) is 1. The molecule has 24 heavy (non-hydrogen) atoms. The van der Waals surface area contributed by atoms with E-state index >= 15 is 0 Å². The number of aromatic nitrogens is 1. The van der Waals surface area contributed by atoms with E-state index in [0.29, 0.717) is 5.56 Å². The number of benzene rings is 1. The van der Waals surface area contributed by atoms with Crippen LogP contribution in [-0.4, -0.2) is 53.9 Å². The molecule has 0 spiro atoms. The molecule has 3 rings (SSSR count). The average Bonchev–Trinajstić information content (AvgIpc) is 2.58. The van der Waals surface area contributed by atoms with Crippen LogP contribution in [0.1, 0.15) is 15.9 Å². The van der Waals surface area contributed by atoms with Crippen molar-refractivity contribution < 1.29 is 4.79 Å². The average molecular weight is 389 g/mol. The Morgan fingerprint density at radius 1 is 1.17 bits per heavy atom. The van der Waals surface area contributed by atoms with Crippen molar-refractivity contribution in [2.24, 2.45) is 0 Å². The van der Waals surface area contributed by atoms with E-state index in [0.717, 1.165) is 47.6 Å². The van der Waals surface area contributed by atoms with Crippen LogP contribution in [0.15, 0.2) is 41.1 Å². The van der Waals surface area contributed by atoms with Crippen molar-refractivity contribution in [1.29, 1.82) is 0 Å². The van der Waals surface area contributed by atoms with E-state index in [9.17, 15) is 4.79 Å². The van der Waals surface area contributed by atoms with E-state index in [2.05, 4.69) is 44.2 Å². The van der Waals surface area contributed by atoms with Gasteiger partial charge < -0.3 is 15.1 Å². The van der Waals surface area contributed by atoms with Crippen molar-refractivity contribution in [3.05, 3.63) is 52.3 Å². The Bertz CT molecular complexity index is 742. The van der Waals surface area contributed by atoms with Gasteiger partial charge in [-0.05, 0) is 43.8 Å². The number of rotatable bonds is 3. The molecule has 2 heterocycles. The quantitative estimate of drug-likeness (QED) is 0.876. The van der Waals surface area contributed by atoms with Gasteiger partial charge in [-0.3, -0.25) is 9.78 Å². The zero-order chi connectivity index (χ0) is 17.1. The van der Waals surface area contributed by atoms with Crippen molar-refractivity contribution in [2.45, 2.75) is 6.92 Å². The molecule has 1 aromatic heterocycles. The van der Waals surface area contributed by atoms with Crippen molar-refractivity contribution in [3.8, 4) is 0 Å². The molecule has 0 atom stereocenters. The monoisotopic (exact) mass is 388 g/mol. The number of anilines is 2. The summed E-state index contributed by atoms with van der Waals surface area (Å²) >= 11 is 3.47. The molecule has 0 unspecified atom stereocenters. The molecule has 0 aliphatic carbocycles. The van der Waals surface area contributed by atoms with Gasteiger partial charge in [-0.15, -0.1) is 0 Å². The Labute approximate surface area is 150 Å². The molecule has 1 amide bonds. The molecular weight excluding hydrogens is 368 g/mol. The van der Waals surface area contributed by atoms with Gasteiger partial charge in [0.05, 0.1) is 17.4 Å². The number of hydrogen-bond acceptors (Lipinski definition) is 4. The van der Waals surface area contributed by atoms with Crippen LogP contribution in [0.25, 0.3) is 0 Å². The highest BCUT2D eigenvalue weighted by Crippen LogP contribution is 2.24. The van der Waals surface area contributed by atoms with Gasteiger partial charge in [0.1, 0.15) is 0 Å². The van der Waals surface area contributed by atoms with Gasteiger partial charge in [-0.25, -0.2) is 0 Å². The van der Waals surface area contributed by atoms with Gasteiger partial charge in [-0.1, -0.05) is 15.9 Å². The Morgan fingerprint density at radius 3 is 2.62 bits per heavy atom. The largest absolute Gasteiger partial charge is 0.354 e. The molecule has 1 aliphatic rings. The number of aryl methyl sites for hydroxylation is 1. The minimum absolute atomic E-state index is 0.0479. The van der Waals surface area contributed by atoms with Gasteiger partial charge >= 0.3 is 0 Å². The highest BCUT2D eigenvalue weighted by molar-refractivity contribution is 9.10. The van der Waals surface area contributed by atoms with Crippen LogP contribution in [0, 0.1) is 6.92 Å². The number of pyridine rings is 1. The lowest BCUT2D eigenvalue weighted by Crippen LogP contribution is -2.47. The van der Waals surface area contributed by atoms with E-state index in [4.69, 9.17) is 0 Å². The van der Waals surface area contributed by atoms with Crippen molar-refractivity contribution in [2.75, 3.05) is 38.5 Å². The Morgan fingerprint density at radius 2 is 1.92 bits per heavy atom. The molecule has 6 heteroatoms.